The van der Waals surface area contributed by atoms with Gasteiger partial charge in [0.1, 0.15) is 11.5 Å². The number of benzene rings is 1. The molecule has 88 valence electrons. The molecule has 1 aromatic rings. The Morgan fingerprint density at radius 1 is 1.28 bits per heavy atom. The molecule has 1 aromatic carbocycles. The van der Waals surface area contributed by atoms with Crippen LogP contribution in [-0.4, -0.2) is 17.4 Å². The van der Waals surface area contributed by atoms with Gasteiger partial charge in [0.15, 0.2) is 0 Å². The predicted molar refractivity (Wildman–Crippen MR) is 68.7 cm³/mol. The molecular formula is C15H11NO2. The van der Waals surface area contributed by atoms with Crippen molar-refractivity contribution >= 4 is 6.21 Å². The molecule has 3 nitrogen and oxygen atoms in total. The fourth-order valence-corrected chi connectivity index (χ4v) is 2.81. The van der Waals surface area contributed by atoms with Crippen LogP contribution in [0.3, 0.4) is 0 Å². The van der Waals surface area contributed by atoms with Gasteiger partial charge in [-0.25, -0.2) is 0 Å². The summed E-state index contributed by atoms with van der Waals surface area (Å²) in [4.78, 5) is 4.26. The number of allylic oxidation sites excluding steroid dienone is 1. The largest absolute Gasteiger partial charge is 0.460 e. The van der Waals surface area contributed by atoms with E-state index >= 15 is 0 Å². The van der Waals surface area contributed by atoms with Crippen LogP contribution in [0.1, 0.15) is 11.1 Å². The van der Waals surface area contributed by atoms with Gasteiger partial charge in [0, 0.05) is 23.5 Å². The van der Waals surface area contributed by atoms with E-state index in [9.17, 15) is 5.11 Å². The van der Waals surface area contributed by atoms with Crippen LogP contribution in [-0.2, 0) is 5.41 Å². The topological polar surface area (TPSA) is 41.8 Å². The fourth-order valence-electron chi connectivity index (χ4n) is 2.81. The average molecular weight is 237 g/mol. The van der Waals surface area contributed by atoms with E-state index in [0.29, 0.717) is 0 Å². The normalized spacial score (nSPS) is 30.3. The average Bonchev–Trinajstić information content (AvgIpc) is 2.57. The molecule has 0 saturated carbocycles. The van der Waals surface area contributed by atoms with Crippen molar-refractivity contribution in [2.75, 3.05) is 0 Å². The molecule has 0 fully saturated rings. The molecule has 2 heterocycles. The lowest BCUT2D eigenvalue weighted by Gasteiger charge is -2.26. The van der Waals surface area contributed by atoms with Gasteiger partial charge in [-0.05, 0) is 18.2 Å². The van der Waals surface area contributed by atoms with E-state index in [4.69, 9.17) is 4.74 Å². The van der Waals surface area contributed by atoms with Crippen LogP contribution < -0.4 is 4.74 Å². The number of hydrogen-bond acceptors (Lipinski definition) is 3. The van der Waals surface area contributed by atoms with Crippen LogP contribution in [0, 0.1) is 0 Å². The highest BCUT2D eigenvalue weighted by Crippen LogP contribution is 2.51. The van der Waals surface area contributed by atoms with Crippen LogP contribution in [0.5, 0.6) is 5.75 Å². The SMILES string of the molecule is O[C@@H]1C=CC23C=CN=Cc4cccc(c42)OC3=C1. The standard InChI is InChI=1S/C15H11NO2/c17-11-4-5-15-6-7-16-9-10-2-1-3-12(14(10)15)18-13(15)8-11/h1-9,11,17H/t11-,15?/m1/s1. The summed E-state index contributed by atoms with van der Waals surface area (Å²) in [5, 5.41) is 9.70. The van der Waals surface area contributed by atoms with Gasteiger partial charge in [0.05, 0.1) is 11.5 Å². The number of hydrogen-bond donors (Lipinski definition) is 1. The zero-order valence-corrected chi connectivity index (χ0v) is 9.58. The van der Waals surface area contributed by atoms with Crippen molar-refractivity contribution in [2.45, 2.75) is 11.5 Å². The molecular weight excluding hydrogens is 226 g/mol. The second kappa shape index (κ2) is 3.21. The van der Waals surface area contributed by atoms with Crippen molar-refractivity contribution < 1.29 is 9.84 Å². The minimum absolute atomic E-state index is 0.401. The molecule has 1 spiro atoms. The van der Waals surface area contributed by atoms with Crippen molar-refractivity contribution in [3.8, 4) is 5.75 Å². The van der Waals surface area contributed by atoms with Crippen LogP contribution in [0.2, 0.25) is 0 Å². The van der Waals surface area contributed by atoms with E-state index in [1.165, 1.54) is 0 Å². The van der Waals surface area contributed by atoms with Crippen molar-refractivity contribution in [1.29, 1.82) is 0 Å². The molecule has 0 aromatic heterocycles. The number of aliphatic hydroxyl groups excluding tert-OH is 1. The molecule has 1 unspecified atom stereocenters. The van der Waals surface area contributed by atoms with Gasteiger partial charge in [-0.1, -0.05) is 24.3 Å². The Morgan fingerprint density at radius 2 is 2.22 bits per heavy atom. The maximum Gasteiger partial charge on any atom is 0.132 e. The number of nitrogens with zero attached hydrogens (tertiary/aromatic N) is 1. The van der Waals surface area contributed by atoms with E-state index in [1.807, 2.05) is 36.6 Å². The number of ether oxygens (including phenoxy) is 1. The molecule has 3 aliphatic rings. The summed E-state index contributed by atoms with van der Waals surface area (Å²) in [6.45, 7) is 0. The van der Waals surface area contributed by atoms with E-state index in [2.05, 4.69) is 4.99 Å². The van der Waals surface area contributed by atoms with E-state index in [0.717, 1.165) is 22.6 Å². The summed E-state index contributed by atoms with van der Waals surface area (Å²) in [5.74, 6) is 1.61. The van der Waals surface area contributed by atoms with Gasteiger partial charge in [0.25, 0.3) is 0 Å². The van der Waals surface area contributed by atoms with Gasteiger partial charge in [-0.3, -0.25) is 4.99 Å². The molecule has 3 heteroatoms. The van der Waals surface area contributed by atoms with Gasteiger partial charge in [0.2, 0.25) is 0 Å². The summed E-state index contributed by atoms with van der Waals surface area (Å²) < 4.78 is 5.89. The first-order chi connectivity index (χ1) is 8.79. The lowest BCUT2D eigenvalue weighted by atomic mass is 9.75. The molecule has 0 amide bonds. The lowest BCUT2D eigenvalue weighted by molar-refractivity contribution is 0.257. The molecule has 4 rings (SSSR count). The van der Waals surface area contributed by atoms with Gasteiger partial charge in [-0.15, -0.1) is 0 Å². The minimum atomic E-state index is -0.582. The lowest BCUT2D eigenvalue weighted by Crippen LogP contribution is -2.26. The molecule has 0 radical (unpaired) electrons. The van der Waals surface area contributed by atoms with Crippen molar-refractivity contribution in [3.63, 3.8) is 0 Å². The quantitative estimate of drug-likeness (QED) is 0.702. The van der Waals surface area contributed by atoms with Crippen LogP contribution in [0.4, 0.5) is 0 Å². The Balaban J connectivity index is 2.08. The van der Waals surface area contributed by atoms with Crippen molar-refractivity contribution in [1.82, 2.24) is 0 Å². The Morgan fingerprint density at radius 3 is 3.17 bits per heavy atom. The maximum absolute atomic E-state index is 9.70. The van der Waals surface area contributed by atoms with E-state index < -0.39 is 11.5 Å². The van der Waals surface area contributed by atoms with E-state index in [-0.39, 0.29) is 0 Å². The first-order valence-corrected chi connectivity index (χ1v) is 5.91. The van der Waals surface area contributed by atoms with Gasteiger partial charge >= 0.3 is 0 Å². The highest BCUT2D eigenvalue weighted by Gasteiger charge is 2.45. The molecule has 0 bridgehead atoms. The highest BCUT2D eigenvalue weighted by atomic mass is 16.5. The Labute approximate surface area is 104 Å². The maximum atomic E-state index is 9.70. The van der Waals surface area contributed by atoms with Gasteiger partial charge in [-0.2, -0.15) is 0 Å². The highest BCUT2D eigenvalue weighted by molar-refractivity contribution is 5.87. The summed E-state index contributed by atoms with van der Waals surface area (Å²) in [7, 11) is 0. The third kappa shape index (κ3) is 1.09. The van der Waals surface area contributed by atoms with Crippen LogP contribution in [0.15, 0.2) is 59.5 Å². The van der Waals surface area contributed by atoms with Gasteiger partial charge < -0.3 is 9.84 Å². The molecule has 1 N–H and O–H groups in total. The first kappa shape index (κ1) is 9.85. The van der Waals surface area contributed by atoms with E-state index in [1.54, 1.807) is 18.4 Å². The number of aliphatic imine (C=N–C) groups is 1. The Kier molecular flexibility index (Phi) is 1.76. The molecule has 2 aliphatic heterocycles. The zero-order valence-electron chi connectivity index (χ0n) is 9.58. The van der Waals surface area contributed by atoms with Crippen LogP contribution >= 0.6 is 0 Å². The monoisotopic (exact) mass is 237 g/mol. The number of rotatable bonds is 0. The molecule has 0 saturated heterocycles. The Hall–Kier alpha value is -2.13. The third-order valence-electron chi connectivity index (χ3n) is 3.62. The predicted octanol–water partition coefficient (Wildman–Crippen LogP) is 2.08. The Bertz CT molecular complexity index is 654. The smallest absolute Gasteiger partial charge is 0.132 e. The first-order valence-electron chi connectivity index (χ1n) is 5.91. The molecule has 18 heavy (non-hydrogen) atoms. The second-order valence-corrected chi connectivity index (χ2v) is 4.67. The van der Waals surface area contributed by atoms with Crippen LogP contribution in [0.25, 0.3) is 0 Å². The third-order valence-corrected chi connectivity index (χ3v) is 3.62. The number of aliphatic hydroxyl groups is 1. The summed E-state index contributed by atoms with van der Waals surface area (Å²) in [5.41, 5.74) is 1.76. The van der Waals surface area contributed by atoms with Crippen molar-refractivity contribution in [3.05, 3.63) is 65.6 Å². The fraction of sp³-hybridized carbons (Fsp3) is 0.133. The molecule has 1 aliphatic carbocycles. The minimum Gasteiger partial charge on any atom is -0.460 e. The zero-order chi connectivity index (χ0) is 12.2. The summed E-state index contributed by atoms with van der Waals surface area (Å²) >= 11 is 0. The summed E-state index contributed by atoms with van der Waals surface area (Å²) in [6.07, 6.45) is 10.6. The van der Waals surface area contributed by atoms with Crippen molar-refractivity contribution in [2.24, 2.45) is 4.99 Å². The summed E-state index contributed by atoms with van der Waals surface area (Å²) in [6, 6.07) is 5.94. The second-order valence-electron chi connectivity index (χ2n) is 4.67. The molecule has 2 atom stereocenters.